The van der Waals surface area contributed by atoms with Gasteiger partial charge in [0.25, 0.3) is 0 Å². The van der Waals surface area contributed by atoms with E-state index in [0.29, 0.717) is 24.1 Å². The molecule has 1 aromatic carbocycles. The zero-order chi connectivity index (χ0) is 13.8. The molecule has 0 aliphatic rings. The highest BCUT2D eigenvalue weighted by molar-refractivity contribution is 5.39. The van der Waals surface area contributed by atoms with Crippen LogP contribution >= 0.6 is 0 Å². The molecule has 2 rings (SSSR count). The summed E-state index contributed by atoms with van der Waals surface area (Å²) in [6, 6.07) is 7.80. The van der Waals surface area contributed by atoms with Gasteiger partial charge in [0.2, 0.25) is 5.95 Å². The molecule has 0 atom stereocenters. The molecule has 0 radical (unpaired) electrons. The van der Waals surface area contributed by atoms with Gasteiger partial charge in [-0.05, 0) is 26.0 Å². The van der Waals surface area contributed by atoms with Crippen LogP contribution < -0.4 is 15.2 Å². The molecule has 0 aliphatic heterocycles. The van der Waals surface area contributed by atoms with Crippen molar-refractivity contribution in [3.63, 3.8) is 0 Å². The number of para-hydroxylation sites is 2. The van der Waals surface area contributed by atoms with Crippen molar-refractivity contribution in [2.24, 2.45) is 0 Å². The van der Waals surface area contributed by atoms with Crippen LogP contribution in [0.3, 0.4) is 0 Å². The van der Waals surface area contributed by atoms with E-state index in [0.717, 1.165) is 5.69 Å². The number of hydrogen-bond donors (Lipinski definition) is 1. The predicted octanol–water partition coefficient (Wildman–Crippen LogP) is 2.63. The van der Waals surface area contributed by atoms with Gasteiger partial charge in [0.05, 0.1) is 19.0 Å². The third kappa shape index (κ3) is 2.81. The maximum Gasteiger partial charge on any atom is 0.200 e. The first-order chi connectivity index (χ1) is 9.13. The highest BCUT2D eigenvalue weighted by Gasteiger charge is 2.11. The average Bonchev–Trinajstić information content (AvgIpc) is 2.78. The molecule has 0 saturated heterocycles. The summed E-state index contributed by atoms with van der Waals surface area (Å²) in [5.41, 5.74) is 6.78. The van der Waals surface area contributed by atoms with Gasteiger partial charge in [0, 0.05) is 6.04 Å². The Hall–Kier alpha value is -2.17. The monoisotopic (exact) mass is 261 g/mol. The molecule has 2 N–H and O–H groups in total. The van der Waals surface area contributed by atoms with Gasteiger partial charge in [0.15, 0.2) is 11.5 Å². The minimum absolute atomic E-state index is 0.249. The van der Waals surface area contributed by atoms with Crippen LogP contribution in [0.2, 0.25) is 0 Å². The van der Waals surface area contributed by atoms with Crippen LogP contribution in [-0.4, -0.2) is 16.7 Å². The van der Waals surface area contributed by atoms with Gasteiger partial charge < -0.3 is 19.8 Å². The Balaban J connectivity index is 2.15. The number of imidazole rings is 1. The van der Waals surface area contributed by atoms with Gasteiger partial charge in [-0.15, -0.1) is 0 Å². The molecule has 0 spiro atoms. The minimum Gasteiger partial charge on any atom is -0.493 e. The number of rotatable bonds is 5. The van der Waals surface area contributed by atoms with E-state index in [1.54, 1.807) is 13.3 Å². The van der Waals surface area contributed by atoms with Gasteiger partial charge in [0.1, 0.15) is 6.61 Å². The molecule has 1 heterocycles. The number of ether oxygens (including phenoxy) is 2. The maximum absolute atomic E-state index is 5.84. The van der Waals surface area contributed by atoms with E-state index in [2.05, 4.69) is 18.8 Å². The number of aromatic nitrogens is 2. The lowest BCUT2D eigenvalue weighted by atomic mass is 10.3. The Bertz CT molecular complexity index is 549. The largest absolute Gasteiger partial charge is 0.493 e. The fourth-order valence-corrected chi connectivity index (χ4v) is 2.00. The van der Waals surface area contributed by atoms with Crippen LogP contribution in [0, 0.1) is 0 Å². The van der Waals surface area contributed by atoms with Crippen molar-refractivity contribution in [1.29, 1.82) is 0 Å². The summed E-state index contributed by atoms with van der Waals surface area (Å²) in [5.74, 6) is 1.93. The van der Waals surface area contributed by atoms with Crippen molar-refractivity contribution in [3.8, 4) is 11.5 Å². The fraction of sp³-hybridized carbons (Fsp3) is 0.357. The lowest BCUT2D eigenvalue weighted by Gasteiger charge is -2.15. The Labute approximate surface area is 113 Å². The molecule has 0 amide bonds. The van der Waals surface area contributed by atoms with Crippen LogP contribution in [-0.2, 0) is 6.61 Å². The van der Waals surface area contributed by atoms with E-state index in [9.17, 15) is 0 Å². The molecule has 2 aromatic rings. The SMILES string of the molecule is COc1ccccc1OCc1cnc(N)n1C(C)C. The molecule has 0 unspecified atom stereocenters. The molecule has 0 bridgehead atoms. The average molecular weight is 261 g/mol. The summed E-state index contributed by atoms with van der Waals surface area (Å²) < 4.78 is 13.0. The van der Waals surface area contributed by atoms with Crippen molar-refractivity contribution >= 4 is 5.95 Å². The number of nitrogens with zero attached hydrogens (tertiary/aromatic N) is 2. The second-order valence-electron chi connectivity index (χ2n) is 4.51. The lowest BCUT2D eigenvalue weighted by Crippen LogP contribution is -2.11. The van der Waals surface area contributed by atoms with Gasteiger partial charge in [-0.25, -0.2) is 4.98 Å². The second kappa shape index (κ2) is 5.65. The molecule has 5 nitrogen and oxygen atoms in total. The number of methoxy groups -OCH3 is 1. The minimum atomic E-state index is 0.249. The molecule has 1 aromatic heterocycles. The van der Waals surface area contributed by atoms with Gasteiger partial charge in [-0.1, -0.05) is 12.1 Å². The highest BCUT2D eigenvalue weighted by atomic mass is 16.5. The molecular weight excluding hydrogens is 242 g/mol. The van der Waals surface area contributed by atoms with E-state index < -0.39 is 0 Å². The van der Waals surface area contributed by atoms with Gasteiger partial charge in [-0.2, -0.15) is 0 Å². The van der Waals surface area contributed by atoms with Crippen LogP contribution in [0.1, 0.15) is 25.6 Å². The zero-order valence-corrected chi connectivity index (χ0v) is 11.5. The molecule has 5 heteroatoms. The third-order valence-corrected chi connectivity index (χ3v) is 2.86. The Morgan fingerprint density at radius 2 is 1.95 bits per heavy atom. The molecule has 0 fully saturated rings. The van der Waals surface area contributed by atoms with Gasteiger partial charge >= 0.3 is 0 Å². The Kier molecular flexibility index (Phi) is 3.94. The van der Waals surface area contributed by atoms with E-state index in [1.807, 2.05) is 28.8 Å². The van der Waals surface area contributed by atoms with Crippen molar-refractivity contribution in [2.45, 2.75) is 26.5 Å². The first kappa shape index (κ1) is 13.3. The quantitative estimate of drug-likeness (QED) is 0.898. The van der Waals surface area contributed by atoms with Crippen molar-refractivity contribution in [1.82, 2.24) is 9.55 Å². The normalized spacial score (nSPS) is 10.7. The van der Waals surface area contributed by atoms with E-state index in [1.165, 1.54) is 0 Å². The van der Waals surface area contributed by atoms with Crippen molar-refractivity contribution in [3.05, 3.63) is 36.2 Å². The summed E-state index contributed by atoms with van der Waals surface area (Å²) in [6.45, 7) is 4.53. The molecule has 19 heavy (non-hydrogen) atoms. The highest BCUT2D eigenvalue weighted by Crippen LogP contribution is 2.27. The van der Waals surface area contributed by atoms with Gasteiger partial charge in [-0.3, -0.25) is 0 Å². The zero-order valence-electron chi connectivity index (χ0n) is 11.5. The lowest BCUT2D eigenvalue weighted by molar-refractivity contribution is 0.274. The second-order valence-corrected chi connectivity index (χ2v) is 4.51. The number of anilines is 1. The number of benzene rings is 1. The third-order valence-electron chi connectivity index (χ3n) is 2.86. The number of nitrogen functional groups attached to an aromatic ring is 1. The molecule has 0 saturated carbocycles. The summed E-state index contributed by atoms with van der Waals surface area (Å²) in [4.78, 5) is 4.12. The predicted molar refractivity (Wildman–Crippen MR) is 74.4 cm³/mol. The van der Waals surface area contributed by atoms with Crippen molar-refractivity contribution in [2.75, 3.05) is 12.8 Å². The van der Waals surface area contributed by atoms with Crippen LogP contribution in [0.25, 0.3) is 0 Å². The van der Waals surface area contributed by atoms with Crippen LogP contribution in [0.4, 0.5) is 5.95 Å². The molecular formula is C14H19N3O2. The topological polar surface area (TPSA) is 62.3 Å². The summed E-state index contributed by atoms with van der Waals surface area (Å²) in [6.07, 6.45) is 1.74. The first-order valence-electron chi connectivity index (χ1n) is 6.21. The van der Waals surface area contributed by atoms with E-state index in [4.69, 9.17) is 15.2 Å². The van der Waals surface area contributed by atoms with Crippen LogP contribution in [0.5, 0.6) is 11.5 Å². The van der Waals surface area contributed by atoms with E-state index >= 15 is 0 Å². The fourth-order valence-electron chi connectivity index (χ4n) is 2.00. The van der Waals surface area contributed by atoms with Crippen molar-refractivity contribution < 1.29 is 9.47 Å². The summed E-state index contributed by atoms with van der Waals surface area (Å²) in [5, 5.41) is 0. The number of hydrogen-bond acceptors (Lipinski definition) is 4. The summed E-state index contributed by atoms with van der Waals surface area (Å²) in [7, 11) is 1.62. The Morgan fingerprint density at radius 3 is 2.58 bits per heavy atom. The standard InChI is InChI=1S/C14H19N3O2/c1-10(2)17-11(8-16-14(17)15)9-19-13-7-5-4-6-12(13)18-3/h4-8,10H,9H2,1-3H3,(H2,15,16). The smallest absolute Gasteiger partial charge is 0.200 e. The van der Waals surface area contributed by atoms with Crippen LogP contribution in [0.15, 0.2) is 30.5 Å². The van der Waals surface area contributed by atoms with E-state index in [-0.39, 0.29) is 6.04 Å². The maximum atomic E-state index is 5.84. The number of nitrogens with two attached hydrogens (primary N) is 1. The first-order valence-corrected chi connectivity index (χ1v) is 6.21. The summed E-state index contributed by atoms with van der Waals surface area (Å²) >= 11 is 0. The molecule has 102 valence electrons. The molecule has 0 aliphatic carbocycles. The Morgan fingerprint density at radius 1 is 1.26 bits per heavy atom.